The number of nitrogens with one attached hydrogen (secondary N) is 1. The van der Waals surface area contributed by atoms with Gasteiger partial charge in [-0.25, -0.2) is 0 Å². The molecule has 0 saturated carbocycles. The minimum atomic E-state index is -0.0544. The molecule has 1 N–H and O–H groups in total. The van der Waals surface area contributed by atoms with Gasteiger partial charge in [-0.3, -0.25) is 9.36 Å². The number of nitrogens with zero attached hydrogens (tertiary/aromatic N) is 3. The molecule has 2 aromatic carbocycles. The summed E-state index contributed by atoms with van der Waals surface area (Å²) in [4.78, 5) is 12.5. The molecule has 0 spiro atoms. The van der Waals surface area contributed by atoms with Crippen LogP contribution < -0.4 is 14.8 Å². The first kappa shape index (κ1) is 18.4. The van der Waals surface area contributed by atoms with Crippen LogP contribution in [-0.4, -0.2) is 40.1 Å². The second-order valence-corrected chi connectivity index (χ2v) is 7.18. The molecule has 8 heteroatoms. The van der Waals surface area contributed by atoms with Crippen molar-refractivity contribution in [1.29, 1.82) is 0 Å². The van der Waals surface area contributed by atoms with Crippen molar-refractivity contribution < 1.29 is 14.3 Å². The van der Waals surface area contributed by atoms with Crippen molar-refractivity contribution in [2.75, 3.05) is 19.5 Å². The molecular weight excluding hydrogens is 376 g/mol. The number of ether oxygens (including phenoxy) is 2. The maximum Gasteiger partial charge on any atom is 0.230 e. The highest BCUT2D eigenvalue weighted by atomic mass is 32.2. The van der Waals surface area contributed by atoms with E-state index in [-0.39, 0.29) is 17.7 Å². The number of methoxy groups -OCH3 is 1. The van der Waals surface area contributed by atoms with Crippen molar-refractivity contribution in [2.24, 2.45) is 0 Å². The Morgan fingerprint density at radius 2 is 2.11 bits per heavy atom. The highest BCUT2D eigenvalue weighted by molar-refractivity contribution is 7.99. The largest absolute Gasteiger partial charge is 0.495 e. The van der Waals surface area contributed by atoms with Gasteiger partial charge in [0, 0.05) is 12.0 Å². The summed E-state index contributed by atoms with van der Waals surface area (Å²) in [7, 11) is 1.62. The molecular formula is C20H20N4O3S. The van der Waals surface area contributed by atoms with Crippen molar-refractivity contribution in [2.45, 2.75) is 17.6 Å². The molecule has 3 aromatic rings. The highest BCUT2D eigenvalue weighted by Gasteiger charge is 2.23. The molecule has 144 valence electrons. The molecule has 1 atom stereocenters. The number of para-hydroxylation sites is 3. The van der Waals surface area contributed by atoms with E-state index in [0.29, 0.717) is 17.5 Å². The first-order valence-corrected chi connectivity index (χ1v) is 9.92. The van der Waals surface area contributed by atoms with Gasteiger partial charge in [-0.05, 0) is 18.2 Å². The van der Waals surface area contributed by atoms with E-state index in [1.807, 2.05) is 53.1 Å². The molecule has 1 amide bonds. The van der Waals surface area contributed by atoms with Gasteiger partial charge in [-0.1, -0.05) is 42.1 Å². The summed E-state index contributed by atoms with van der Waals surface area (Å²) in [6.45, 7) is 0.594. The molecule has 0 bridgehead atoms. The number of carbonyl (C=O) groups is 1. The van der Waals surface area contributed by atoms with Crippen LogP contribution in [0.5, 0.6) is 11.5 Å². The van der Waals surface area contributed by atoms with Gasteiger partial charge in [0.2, 0.25) is 5.91 Å². The number of hydrogen-bond donors (Lipinski definition) is 1. The van der Waals surface area contributed by atoms with Crippen LogP contribution >= 0.6 is 11.8 Å². The number of aromatic nitrogens is 3. The Balaban J connectivity index is 1.42. The predicted molar refractivity (Wildman–Crippen MR) is 106 cm³/mol. The van der Waals surface area contributed by atoms with Gasteiger partial charge in [-0.2, -0.15) is 0 Å². The summed E-state index contributed by atoms with van der Waals surface area (Å²) in [5.41, 5.74) is 1.85. The van der Waals surface area contributed by atoms with Gasteiger partial charge in [0.1, 0.15) is 17.8 Å². The van der Waals surface area contributed by atoms with Crippen molar-refractivity contribution in [3.63, 3.8) is 0 Å². The van der Waals surface area contributed by atoms with E-state index in [0.717, 1.165) is 23.4 Å². The number of benzene rings is 2. The first-order chi connectivity index (χ1) is 13.8. The van der Waals surface area contributed by atoms with Gasteiger partial charge in [0.15, 0.2) is 5.16 Å². The fourth-order valence-electron chi connectivity index (χ4n) is 3.17. The minimum absolute atomic E-state index is 0.0369. The average Bonchev–Trinajstić information content (AvgIpc) is 3.21. The third-order valence-corrected chi connectivity index (χ3v) is 5.43. The molecule has 1 aromatic heterocycles. The summed E-state index contributed by atoms with van der Waals surface area (Å²) in [6.07, 6.45) is 2.37. The van der Waals surface area contributed by atoms with Crippen molar-refractivity contribution in [3.05, 3.63) is 60.4 Å². The molecule has 2 heterocycles. The fraction of sp³-hybridized carbons (Fsp3) is 0.250. The first-order valence-electron chi connectivity index (χ1n) is 8.93. The molecule has 7 nitrogen and oxygen atoms in total. The van der Waals surface area contributed by atoms with E-state index in [2.05, 4.69) is 15.5 Å². The van der Waals surface area contributed by atoms with Crippen molar-refractivity contribution in [3.8, 4) is 17.2 Å². The van der Waals surface area contributed by atoms with E-state index in [1.165, 1.54) is 11.8 Å². The van der Waals surface area contributed by atoms with E-state index in [9.17, 15) is 4.79 Å². The topological polar surface area (TPSA) is 78.3 Å². The maximum atomic E-state index is 12.5. The third-order valence-electron chi connectivity index (χ3n) is 4.49. The van der Waals surface area contributed by atoms with Crippen LogP contribution in [-0.2, 0) is 4.79 Å². The maximum absolute atomic E-state index is 12.5. The lowest BCUT2D eigenvalue weighted by Crippen LogP contribution is -2.33. The smallest absolute Gasteiger partial charge is 0.230 e. The fourth-order valence-corrected chi connectivity index (χ4v) is 3.91. The lowest BCUT2D eigenvalue weighted by Gasteiger charge is -2.26. The molecule has 4 rings (SSSR count). The Hall–Kier alpha value is -3.00. The number of amides is 1. The van der Waals surface area contributed by atoms with Crippen LogP contribution in [0.2, 0.25) is 0 Å². The third kappa shape index (κ3) is 3.82. The number of hydrogen-bond acceptors (Lipinski definition) is 6. The molecule has 0 fully saturated rings. The minimum Gasteiger partial charge on any atom is -0.495 e. The monoisotopic (exact) mass is 396 g/mol. The van der Waals surface area contributed by atoms with Gasteiger partial charge in [0.25, 0.3) is 0 Å². The number of fused-ring (bicyclic) bond motifs is 1. The molecule has 1 aliphatic rings. The second-order valence-electron chi connectivity index (χ2n) is 6.24. The quantitative estimate of drug-likeness (QED) is 0.646. The Bertz CT molecular complexity index is 975. The molecule has 0 radical (unpaired) electrons. The van der Waals surface area contributed by atoms with Crippen LogP contribution in [0.15, 0.2) is 60.0 Å². The summed E-state index contributed by atoms with van der Waals surface area (Å²) >= 11 is 1.34. The number of rotatable bonds is 6. The van der Waals surface area contributed by atoms with E-state index < -0.39 is 0 Å². The average molecular weight is 396 g/mol. The Morgan fingerprint density at radius 3 is 3.00 bits per heavy atom. The highest BCUT2D eigenvalue weighted by Crippen LogP contribution is 2.32. The predicted octanol–water partition coefficient (Wildman–Crippen LogP) is 3.01. The zero-order chi connectivity index (χ0) is 19.3. The molecule has 0 saturated heterocycles. The van der Waals surface area contributed by atoms with Crippen molar-refractivity contribution in [1.82, 2.24) is 20.1 Å². The van der Waals surface area contributed by atoms with Crippen LogP contribution in [0.3, 0.4) is 0 Å². The summed E-state index contributed by atoms with van der Waals surface area (Å²) in [6, 6.07) is 15.4. The van der Waals surface area contributed by atoms with Crippen LogP contribution in [0, 0.1) is 0 Å². The van der Waals surface area contributed by atoms with Crippen LogP contribution in [0.4, 0.5) is 0 Å². The summed E-state index contributed by atoms with van der Waals surface area (Å²) < 4.78 is 12.9. The Morgan fingerprint density at radius 1 is 1.29 bits per heavy atom. The number of thioether (sulfide) groups is 1. The zero-order valence-electron chi connectivity index (χ0n) is 15.4. The van der Waals surface area contributed by atoms with E-state index in [4.69, 9.17) is 9.47 Å². The molecule has 1 unspecified atom stereocenters. The lowest BCUT2D eigenvalue weighted by molar-refractivity contribution is -0.119. The van der Waals surface area contributed by atoms with Gasteiger partial charge < -0.3 is 14.8 Å². The van der Waals surface area contributed by atoms with Gasteiger partial charge in [0.05, 0.1) is 31.2 Å². The lowest BCUT2D eigenvalue weighted by atomic mass is 10.0. The standard InChI is InChI=1S/C20H20N4O3S/c1-26-18-9-5-3-7-16(18)24-13-21-23-20(24)28-12-19(25)22-15-10-11-27-17-8-4-2-6-14(15)17/h2-9,13,15H,10-12H2,1H3,(H,22,25). The normalized spacial score (nSPS) is 15.4. The Labute approximate surface area is 167 Å². The zero-order valence-corrected chi connectivity index (χ0v) is 16.2. The van der Waals surface area contributed by atoms with Gasteiger partial charge >= 0.3 is 0 Å². The molecule has 1 aliphatic heterocycles. The summed E-state index contributed by atoms with van der Waals surface area (Å²) in [5, 5.41) is 11.9. The summed E-state index contributed by atoms with van der Waals surface area (Å²) in [5.74, 6) is 1.74. The SMILES string of the molecule is COc1ccccc1-n1cnnc1SCC(=O)NC1CCOc2ccccc21. The number of carbonyl (C=O) groups excluding carboxylic acids is 1. The second kappa shape index (κ2) is 8.35. The van der Waals surface area contributed by atoms with E-state index >= 15 is 0 Å². The van der Waals surface area contributed by atoms with Gasteiger partial charge in [-0.15, -0.1) is 10.2 Å². The van der Waals surface area contributed by atoms with Crippen LogP contribution in [0.1, 0.15) is 18.0 Å². The van der Waals surface area contributed by atoms with Crippen LogP contribution in [0.25, 0.3) is 5.69 Å². The Kier molecular flexibility index (Phi) is 5.48. The molecule has 28 heavy (non-hydrogen) atoms. The van der Waals surface area contributed by atoms with Crippen molar-refractivity contribution >= 4 is 17.7 Å². The molecule has 0 aliphatic carbocycles. The van der Waals surface area contributed by atoms with E-state index in [1.54, 1.807) is 13.4 Å².